The number of nitrogens with zero attached hydrogens (tertiary/aromatic N) is 1. The average Bonchev–Trinajstić information content (AvgIpc) is 2.89. The number of benzene rings is 2. The Hall–Kier alpha value is -2.60. The van der Waals surface area contributed by atoms with Crippen molar-refractivity contribution >= 4 is 35.2 Å². The van der Waals surface area contributed by atoms with Crippen LogP contribution in [-0.4, -0.2) is 33.4 Å². The first-order valence-electron chi connectivity index (χ1n) is 7.88. The minimum absolute atomic E-state index is 0.0293. The number of carbonyl (C=O) groups is 3. The molecule has 2 unspecified atom stereocenters. The molecule has 1 heterocycles. The number of rotatable bonds is 5. The Bertz CT molecular complexity index is 804. The third-order valence-electron chi connectivity index (χ3n) is 4.05. The summed E-state index contributed by atoms with van der Waals surface area (Å²) < 4.78 is 0. The summed E-state index contributed by atoms with van der Waals surface area (Å²) in [4.78, 5) is 36.9. The molecule has 1 N–H and O–H groups in total. The predicted octanol–water partition coefficient (Wildman–Crippen LogP) is 3.19. The SMILES string of the molecule is CC(SC1CC(=O)N(c2ccc(-c3ccccc3)cc2)C1=O)C(=O)O. The number of carboxylic acids is 1. The summed E-state index contributed by atoms with van der Waals surface area (Å²) in [6, 6.07) is 17.0. The van der Waals surface area contributed by atoms with Crippen LogP contribution in [0.1, 0.15) is 13.3 Å². The van der Waals surface area contributed by atoms with E-state index in [1.807, 2.05) is 42.5 Å². The number of anilines is 1. The maximum absolute atomic E-state index is 12.5. The maximum atomic E-state index is 12.5. The zero-order valence-electron chi connectivity index (χ0n) is 13.6. The number of hydrogen-bond donors (Lipinski definition) is 1. The molecule has 0 aliphatic carbocycles. The van der Waals surface area contributed by atoms with Crippen LogP contribution < -0.4 is 4.90 Å². The van der Waals surface area contributed by atoms with Crippen molar-refractivity contribution in [1.82, 2.24) is 0 Å². The number of aliphatic carboxylic acids is 1. The van der Waals surface area contributed by atoms with E-state index in [0.717, 1.165) is 27.8 Å². The molecule has 2 amide bonds. The molecule has 0 spiro atoms. The summed E-state index contributed by atoms with van der Waals surface area (Å²) in [6.45, 7) is 1.52. The van der Waals surface area contributed by atoms with Crippen LogP contribution in [0.4, 0.5) is 5.69 Å². The molecule has 6 heteroatoms. The van der Waals surface area contributed by atoms with Crippen LogP contribution in [0, 0.1) is 0 Å². The molecule has 1 fully saturated rings. The van der Waals surface area contributed by atoms with Gasteiger partial charge in [-0.25, -0.2) is 4.90 Å². The van der Waals surface area contributed by atoms with Gasteiger partial charge in [0.15, 0.2) is 0 Å². The van der Waals surface area contributed by atoms with Gasteiger partial charge in [0.2, 0.25) is 11.8 Å². The second-order valence-corrected chi connectivity index (χ2v) is 7.34. The van der Waals surface area contributed by atoms with Crippen LogP contribution in [-0.2, 0) is 14.4 Å². The Morgan fingerprint density at radius 3 is 2.28 bits per heavy atom. The minimum atomic E-state index is -0.990. The second-order valence-electron chi connectivity index (χ2n) is 5.79. The standard InChI is InChI=1S/C19H17NO4S/c1-12(19(23)24)25-16-11-17(21)20(18(16)22)15-9-7-14(8-10-15)13-5-3-2-4-6-13/h2-10,12,16H,11H2,1H3,(H,23,24). The summed E-state index contributed by atoms with van der Waals surface area (Å²) in [6.07, 6.45) is 0.0293. The van der Waals surface area contributed by atoms with E-state index in [1.54, 1.807) is 12.1 Å². The zero-order valence-corrected chi connectivity index (χ0v) is 14.4. The van der Waals surface area contributed by atoms with Crippen molar-refractivity contribution in [3.05, 3.63) is 54.6 Å². The van der Waals surface area contributed by atoms with E-state index >= 15 is 0 Å². The number of amides is 2. The summed E-state index contributed by atoms with van der Waals surface area (Å²) in [5.41, 5.74) is 2.56. The molecule has 0 saturated carbocycles. The Balaban J connectivity index is 1.78. The lowest BCUT2D eigenvalue weighted by atomic mass is 10.1. The lowest BCUT2D eigenvalue weighted by Gasteiger charge is -2.16. The van der Waals surface area contributed by atoms with E-state index in [1.165, 1.54) is 6.92 Å². The van der Waals surface area contributed by atoms with Gasteiger partial charge in [-0.3, -0.25) is 14.4 Å². The Kier molecular flexibility index (Phi) is 4.90. The molecule has 3 rings (SSSR count). The highest BCUT2D eigenvalue weighted by Gasteiger charge is 2.41. The van der Waals surface area contributed by atoms with Crippen LogP contribution in [0.2, 0.25) is 0 Å². The number of thioether (sulfide) groups is 1. The fourth-order valence-electron chi connectivity index (χ4n) is 2.72. The maximum Gasteiger partial charge on any atom is 0.316 e. The van der Waals surface area contributed by atoms with E-state index in [4.69, 9.17) is 5.11 Å². The van der Waals surface area contributed by atoms with Crippen molar-refractivity contribution in [2.75, 3.05) is 4.90 Å². The number of carbonyl (C=O) groups excluding carboxylic acids is 2. The fourth-order valence-corrected chi connectivity index (χ4v) is 3.79. The van der Waals surface area contributed by atoms with Crippen LogP contribution >= 0.6 is 11.8 Å². The smallest absolute Gasteiger partial charge is 0.316 e. The molecular weight excluding hydrogens is 338 g/mol. The van der Waals surface area contributed by atoms with Gasteiger partial charge in [-0.15, -0.1) is 11.8 Å². The summed E-state index contributed by atoms with van der Waals surface area (Å²) in [5, 5.41) is 7.61. The van der Waals surface area contributed by atoms with E-state index in [-0.39, 0.29) is 18.2 Å². The number of imide groups is 1. The predicted molar refractivity (Wildman–Crippen MR) is 97.5 cm³/mol. The molecule has 1 aliphatic heterocycles. The molecule has 0 radical (unpaired) electrons. The van der Waals surface area contributed by atoms with Crippen LogP contribution in [0.25, 0.3) is 11.1 Å². The monoisotopic (exact) mass is 355 g/mol. The third kappa shape index (κ3) is 3.58. The van der Waals surface area contributed by atoms with Crippen molar-refractivity contribution in [2.24, 2.45) is 0 Å². The first-order valence-corrected chi connectivity index (χ1v) is 8.82. The van der Waals surface area contributed by atoms with Gasteiger partial charge in [-0.05, 0) is 30.2 Å². The van der Waals surface area contributed by atoms with Gasteiger partial charge in [0.05, 0.1) is 10.9 Å². The molecule has 2 aromatic carbocycles. The molecule has 1 saturated heterocycles. The van der Waals surface area contributed by atoms with Crippen molar-refractivity contribution < 1.29 is 19.5 Å². The fraction of sp³-hybridized carbons (Fsp3) is 0.211. The first-order chi connectivity index (χ1) is 12.0. The molecular formula is C19H17NO4S. The third-order valence-corrected chi connectivity index (χ3v) is 5.36. The van der Waals surface area contributed by atoms with Gasteiger partial charge in [-0.1, -0.05) is 42.5 Å². The highest BCUT2D eigenvalue weighted by atomic mass is 32.2. The van der Waals surface area contributed by atoms with Gasteiger partial charge >= 0.3 is 5.97 Å². The molecule has 0 bridgehead atoms. The Labute approximate surface area is 149 Å². The van der Waals surface area contributed by atoms with Gasteiger partial charge < -0.3 is 5.11 Å². The normalized spacial score (nSPS) is 18.4. The van der Waals surface area contributed by atoms with Gasteiger partial charge in [0.1, 0.15) is 5.25 Å². The molecule has 1 aliphatic rings. The topological polar surface area (TPSA) is 74.7 Å². The van der Waals surface area contributed by atoms with Crippen molar-refractivity contribution in [3.63, 3.8) is 0 Å². The Morgan fingerprint density at radius 1 is 1.08 bits per heavy atom. The van der Waals surface area contributed by atoms with Gasteiger partial charge in [0, 0.05) is 6.42 Å². The zero-order chi connectivity index (χ0) is 18.0. The largest absolute Gasteiger partial charge is 0.480 e. The Morgan fingerprint density at radius 2 is 1.68 bits per heavy atom. The summed E-state index contributed by atoms with van der Waals surface area (Å²) in [5.74, 6) is -1.64. The molecule has 5 nitrogen and oxygen atoms in total. The van der Waals surface area contributed by atoms with Crippen LogP contribution in [0.3, 0.4) is 0 Å². The lowest BCUT2D eigenvalue weighted by Crippen LogP contribution is -2.31. The van der Waals surface area contributed by atoms with Crippen molar-refractivity contribution in [2.45, 2.75) is 23.8 Å². The van der Waals surface area contributed by atoms with E-state index in [2.05, 4.69) is 0 Å². The first kappa shape index (κ1) is 17.2. The minimum Gasteiger partial charge on any atom is -0.480 e. The van der Waals surface area contributed by atoms with Gasteiger partial charge in [-0.2, -0.15) is 0 Å². The van der Waals surface area contributed by atoms with Crippen LogP contribution in [0.15, 0.2) is 54.6 Å². The number of carboxylic acid groups (broad SMARTS) is 1. The molecule has 25 heavy (non-hydrogen) atoms. The molecule has 2 atom stereocenters. The number of hydrogen-bond acceptors (Lipinski definition) is 4. The lowest BCUT2D eigenvalue weighted by molar-refractivity contribution is -0.136. The van der Waals surface area contributed by atoms with Gasteiger partial charge in [0.25, 0.3) is 0 Å². The van der Waals surface area contributed by atoms with E-state index in [9.17, 15) is 14.4 Å². The van der Waals surface area contributed by atoms with E-state index < -0.39 is 16.5 Å². The highest BCUT2D eigenvalue weighted by molar-refractivity contribution is 8.01. The van der Waals surface area contributed by atoms with Crippen molar-refractivity contribution in [1.29, 1.82) is 0 Å². The highest BCUT2D eigenvalue weighted by Crippen LogP contribution is 2.32. The second kappa shape index (κ2) is 7.11. The molecule has 2 aromatic rings. The summed E-state index contributed by atoms with van der Waals surface area (Å²) >= 11 is 1.01. The molecule has 128 valence electrons. The van der Waals surface area contributed by atoms with Crippen LogP contribution in [0.5, 0.6) is 0 Å². The average molecular weight is 355 g/mol. The van der Waals surface area contributed by atoms with E-state index in [0.29, 0.717) is 5.69 Å². The quantitative estimate of drug-likeness (QED) is 0.834. The molecule has 0 aromatic heterocycles. The van der Waals surface area contributed by atoms with Crippen molar-refractivity contribution in [3.8, 4) is 11.1 Å². The summed E-state index contributed by atoms with van der Waals surface area (Å²) in [7, 11) is 0.